The summed E-state index contributed by atoms with van der Waals surface area (Å²) in [5.41, 5.74) is 2.62. The molecule has 0 unspecified atom stereocenters. The van der Waals surface area contributed by atoms with E-state index in [4.69, 9.17) is 0 Å². The summed E-state index contributed by atoms with van der Waals surface area (Å²) in [6.07, 6.45) is 0.755. The molecule has 0 saturated carbocycles. The summed E-state index contributed by atoms with van der Waals surface area (Å²) in [6.45, 7) is 2.39. The number of hydrogen-bond acceptors (Lipinski definition) is 3. The third-order valence-electron chi connectivity index (χ3n) is 3.54. The van der Waals surface area contributed by atoms with Gasteiger partial charge in [0.1, 0.15) is 0 Å². The Balaban J connectivity index is 1.68. The van der Waals surface area contributed by atoms with Gasteiger partial charge in [0.05, 0.1) is 4.88 Å². The molecule has 5 heteroatoms. The van der Waals surface area contributed by atoms with E-state index in [2.05, 4.69) is 16.4 Å². The molecule has 0 aliphatic heterocycles. The van der Waals surface area contributed by atoms with Crippen LogP contribution in [0.2, 0.25) is 0 Å². The molecule has 0 aliphatic carbocycles. The fraction of sp³-hybridized carbons (Fsp3) is 0.176. The Labute approximate surface area is 131 Å². The summed E-state index contributed by atoms with van der Waals surface area (Å²) in [4.78, 5) is 27.0. The number of nitrogens with one attached hydrogen (secondary N) is 2. The highest BCUT2D eigenvalue weighted by Crippen LogP contribution is 2.14. The van der Waals surface area contributed by atoms with Crippen LogP contribution in [0.25, 0.3) is 10.9 Å². The quantitative estimate of drug-likeness (QED) is 0.778. The summed E-state index contributed by atoms with van der Waals surface area (Å²) in [7, 11) is 0. The van der Waals surface area contributed by atoms with E-state index >= 15 is 0 Å². The van der Waals surface area contributed by atoms with Crippen LogP contribution in [0, 0.1) is 6.92 Å². The van der Waals surface area contributed by atoms with Gasteiger partial charge in [0.2, 0.25) is 0 Å². The highest BCUT2D eigenvalue weighted by molar-refractivity contribution is 7.12. The van der Waals surface area contributed by atoms with Crippen LogP contribution in [0.1, 0.15) is 20.8 Å². The minimum atomic E-state index is -0.0524. The van der Waals surface area contributed by atoms with Crippen LogP contribution < -0.4 is 10.9 Å². The van der Waals surface area contributed by atoms with E-state index in [-0.39, 0.29) is 11.5 Å². The van der Waals surface area contributed by atoms with E-state index in [0.717, 1.165) is 27.8 Å². The number of carbonyl (C=O) groups excluding carboxylic acids is 1. The van der Waals surface area contributed by atoms with Crippen molar-refractivity contribution in [3.63, 3.8) is 0 Å². The number of carbonyl (C=O) groups is 1. The van der Waals surface area contributed by atoms with Crippen LogP contribution in [0.5, 0.6) is 0 Å². The smallest absolute Gasteiger partial charge is 0.261 e. The number of thiophene rings is 1. The first kappa shape index (κ1) is 14.5. The summed E-state index contributed by atoms with van der Waals surface area (Å²) < 4.78 is 0. The molecule has 3 rings (SSSR count). The molecular formula is C17H16N2O2S. The number of H-pyrrole nitrogens is 1. The monoisotopic (exact) mass is 312 g/mol. The van der Waals surface area contributed by atoms with Crippen molar-refractivity contribution in [1.82, 2.24) is 10.3 Å². The fourth-order valence-electron chi connectivity index (χ4n) is 2.34. The predicted octanol–water partition coefficient (Wildman–Crippen LogP) is 2.87. The van der Waals surface area contributed by atoms with Gasteiger partial charge in [-0.25, -0.2) is 0 Å². The molecule has 1 aromatic carbocycles. The van der Waals surface area contributed by atoms with Gasteiger partial charge in [-0.2, -0.15) is 0 Å². The second-order valence-corrected chi connectivity index (χ2v) is 6.13. The molecule has 0 spiro atoms. The first-order chi connectivity index (χ1) is 10.6. The lowest BCUT2D eigenvalue weighted by Gasteiger charge is -2.06. The first-order valence-corrected chi connectivity index (χ1v) is 7.96. The van der Waals surface area contributed by atoms with E-state index in [0.29, 0.717) is 12.1 Å². The molecule has 22 heavy (non-hydrogen) atoms. The number of pyridine rings is 1. The molecule has 0 saturated heterocycles. The van der Waals surface area contributed by atoms with Crippen molar-refractivity contribution in [3.05, 3.63) is 68.1 Å². The van der Waals surface area contributed by atoms with E-state index in [1.54, 1.807) is 6.92 Å². The number of rotatable bonds is 4. The highest BCUT2D eigenvalue weighted by atomic mass is 32.1. The Hall–Kier alpha value is -2.40. The maximum atomic E-state index is 11.9. The van der Waals surface area contributed by atoms with Crippen molar-refractivity contribution < 1.29 is 4.79 Å². The van der Waals surface area contributed by atoms with Crippen LogP contribution >= 0.6 is 11.3 Å². The van der Waals surface area contributed by atoms with E-state index in [1.165, 1.54) is 11.3 Å². The molecule has 1 amide bonds. The minimum Gasteiger partial charge on any atom is -0.351 e. The zero-order valence-electron chi connectivity index (χ0n) is 12.2. The molecular weight excluding hydrogens is 296 g/mol. The summed E-state index contributed by atoms with van der Waals surface area (Å²) in [5.74, 6) is -0.0315. The molecule has 0 bridgehead atoms. The van der Waals surface area contributed by atoms with Gasteiger partial charge in [-0.1, -0.05) is 12.1 Å². The van der Waals surface area contributed by atoms with Crippen LogP contribution in [-0.2, 0) is 6.42 Å². The standard InChI is InChI=1S/C17H16N2O2S/c1-11-9-13-10-12(4-5-14(13)19-16(11)20)6-7-18-17(21)15-3-2-8-22-15/h2-5,8-10H,6-7H2,1H3,(H,18,21)(H,19,20). The number of benzene rings is 1. The lowest BCUT2D eigenvalue weighted by molar-refractivity contribution is 0.0958. The SMILES string of the molecule is Cc1cc2cc(CCNC(=O)c3cccs3)ccc2[nH]c1=O. The topological polar surface area (TPSA) is 62.0 Å². The van der Waals surface area contributed by atoms with Crippen molar-refractivity contribution in [2.75, 3.05) is 6.54 Å². The maximum absolute atomic E-state index is 11.9. The van der Waals surface area contributed by atoms with E-state index in [1.807, 2.05) is 35.7 Å². The molecule has 0 aliphatic rings. The molecule has 112 valence electrons. The van der Waals surface area contributed by atoms with Gasteiger partial charge in [0.25, 0.3) is 11.5 Å². The second-order valence-electron chi connectivity index (χ2n) is 5.19. The summed E-state index contributed by atoms with van der Waals surface area (Å²) in [6, 6.07) is 11.5. The van der Waals surface area contributed by atoms with Crippen LogP contribution in [0.15, 0.2) is 46.6 Å². The Morgan fingerprint density at radius 1 is 1.27 bits per heavy atom. The van der Waals surface area contributed by atoms with E-state index < -0.39 is 0 Å². The molecule has 2 N–H and O–H groups in total. The minimum absolute atomic E-state index is 0.0315. The number of hydrogen-bond donors (Lipinski definition) is 2. The van der Waals surface area contributed by atoms with Gasteiger partial charge in [-0.15, -0.1) is 11.3 Å². The molecule has 3 aromatic rings. The predicted molar refractivity (Wildman–Crippen MR) is 89.7 cm³/mol. The Bertz CT molecular complexity index is 866. The van der Waals surface area contributed by atoms with Crippen LogP contribution in [0.4, 0.5) is 0 Å². The third-order valence-corrected chi connectivity index (χ3v) is 4.41. The average molecular weight is 312 g/mol. The molecule has 0 radical (unpaired) electrons. The zero-order valence-corrected chi connectivity index (χ0v) is 13.0. The molecule has 2 heterocycles. The molecule has 0 fully saturated rings. The van der Waals surface area contributed by atoms with Gasteiger partial charge in [0, 0.05) is 17.6 Å². The van der Waals surface area contributed by atoms with Gasteiger partial charge >= 0.3 is 0 Å². The van der Waals surface area contributed by atoms with Crippen molar-refractivity contribution >= 4 is 28.1 Å². The normalized spacial score (nSPS) is 10.8. The lowest BCUT2D eigenvalue weighted by Crippen LogP contribution is -2.24. The van der Waals surface area contributed by atoms with Gasteiger partial charge < -0.3 is 10.3 Å². The number of amides is 1. The number of aromatic nitrogens is 1. The average Bonchev–Trinajstić information content (AvgIpc) is 3.03. The Kier molecular flexibility index (Phi) is 4.06. The van der Waals surface area contributed by atoms with Gasteiger partial charge in [-0.05, 0) is 53.9 Å². The Morgan fingerprint density at radius 3 is 2.91 bits per heavy atom. The van der Waals surface area contributed by atoms with Crippen molar-refractivity contribution in [1.29, 1.82) is 0 Å². The fourth-order valence-corrected chi connectivity index (χ4v) is 2.98. The number of fused-ring (bicyclic) bond motifs is 1. The largest absolute Gasteiger partial charge is 0.351 e. The summed E-state index contributed by atoms with van der Waals surface area (Å²) >= 11 is 1.44. The van der Waals surface area contributed by atoms with Crippen molar-refractivity contribution in [3.8, 4) is 0 Å². The van der Waals surface area contributed by atoms with Gasteiger partial charge in [0.15, 0.2) is 0 Å². The zero-order chi connectivity index (χ0) is 15.5. The first-order valence-electron chi connectivity index (χ1n) is 7.08. The van der Waals surface area contributed by atoms with Crippen molar-refractivity contribution in [2.24, 2.45) is 0 Å². The second kappa shape index (κ2) is 6.15. The Morgan fingerprint density at radius 2 is 2.14 bits per heavy atom. The van der Waals surface area contributed by atoms with E-state index in [9.17, 15) is 9.59 Å². The molecule has 2 aromatic heterocycles. The highest BCUT2D eigenvalue weighted by Gasteiger charge is 2.05. The summed E-state index contributed by atoms with van der Waals surface area (Å²) in [5, 5.41) is 5.82. The number of aromatic amines is 1. The third kappa shape index (κ3) is 3.09. The van der Waals surface area contributed by atoms with Crippen molar-refractivity contribution in [2.45, 2.75) is 13.3 Å². The number of aryl methyl sites for hydroxylation is 1. The van der Waals surface area contributed by atoms with Crippen LogP contribution in [0.3, 0.4) is 0 Å². The lowest BCUT2D eigenvalue weighted by atomic mass is 10.1. The van der Waals surface area contributed by atoms with Gasteiger partial charge in [-0.3, -0.25) is 9.59 Å². The maximum Gasteiger partial charge on any atom is 0.261 e. The molecule has 0 atom stereocenters. The van der Waals surface area contributed by atoms with Crippen LogP contribution in [-0.4, -0.2) is 17.4 Å². The molecule has 4 nitrogen and oxygen atoms in total.